The average Bonchev–Trinajstić information content (AvgIpc) is 2.99. The predicted molar refractivity (Wildman–Crippen MR) is 125 cm³/mol. The Bertz CT molecular complexity index is 425. The topological polar surface area (TPSA) is 0 Å². The van der Waals surface area contributed by atoms with Gasteiger partial charge in [-0.3, -0.25) is 0 Å². The fraction of sp³-hybridized carbons (Fsp3) is 1.00. The highest BCUT2D eigenvalue weighted by atomic mass is 15.4. The number of rotatable bonds is 12. The molecule has 0 spiro atoms. The van der Waals surface area contributed by atoms with Crippen molar-refractivity contribution >= 4 is 0 Å². The lowest BCUT2D eigenvalue weighted by atomic mass is 9.98. The zero-order valence-corrected chi connectivity index (χ0v) is 20.1. The summed E-state index contributed by atoms with van der Waals surface area (Å²) in [7, 11) is 5.19. The van der Waals surface area contributed by atoms with Gasteiger partial charge in [0.1, 0.15) is 0 Å². The Hall–Kier alpha value is -0.0800. The molecule has 168 valence electrons. The minimum absolute atomic E-state index is 1.03. The third-order valence-electron chi connectivity index (χ3n) is 10.4. The molecular formula is C27H52N2+2. The Morgan fingerprint density at radius 3 is 1.00 bits per heavy atom. The molecule has 0 aromatic heterocycles. The minimum Gasteiger partial charge on any atom is -0.321 e. The molecule has 2 heteroatoms. The van der Waals surface area contributed by atoms with Crippen LogP contribution in [0.3, 0.4) is 0 Å². The summed E-state index contributed by atoms with van der Waals surface area (Å²) in [5.74, 6) is 0. The molecule has 2 nitrogen and oxygen atoms in total. The molecule has 0 radical (unpaired) electrons. The standard InChI is InChI=1S/C27H52N2/c1-28(24-14-12-15-25(28)19-18-24)22-10-8-6-4-3-5-7-9-11-23-29(2)26-16-13-17-27(29)21-20-26/h24-27H,3-23H2,1-2H3/q+2/t24-,25+,26-,27+,28?,29?. The minimum atomic E-state index is 1.03. The highest BCUT2D eigenvalue weighted by molar-refractivity contribution is 4.82. The van der Waals surface area contributed by atoms with Crippen molar-refractivity contribution in [3.8, 4) is 0 Å². The van der Waals surface area contributed by atoms with Crippen molar-refractivity contribution in [1.82, 2.24) is 0 Å². The molecule has 6 atom stereocenters. The lowest BCUT2D eigenvalue weighted by Crippen LogP contribution is -2.56. The Morgan fingerprint density at radius 2 is 0.690 bits per heavy atom. The van der Waals surface area contributed by atoms with Crippen molar-refractivity contribution in [2.75, 3.05) is 27.2 Å². The quantitative estimate of drug-likeness (QED) is 0.247. The Balaban J connectivity index is 0.985. The molecule has 0 amide bonds. The van der Waals surface area contributed by atoms with Crippen LogP contribution in [0, 0.1) is 0 Å². The summed E-state index contributed by atoms with van der Waals surface area (Å²) in [6.45, 7) is 2.96. The van der Waals surface area contributed by atoms with Gasteiger partial charge in [0.05, 0.1) is 51.4 Å². The lowest BCUT2D eigenvalue weighted by molar-refractivity contribution is -0.948. The first-order valence-electron chi connectivity index (χ1n) is 13.8. The highest BCUT2D eigenvalue weighted by Crippen LogP contribution is 2.42. The van der Waals surface area contributed by atoms with E-state index in [1.807, 2.05) is 0 Å². The van der Waals surface area contributed by atoms with Gasteiger partial charge in [-0.1, -0.05) is 32.1 Å². The lowest BCUT2D eigenvalue weighted by Gasteiger charge is -2.45. The Kier molecular flexibility index (Phi) is 7.65. The maximum Gasteiger partial charge on any atom is 0.0892 e. The first-order chi connectivity index (χ1) is 14.1. The molecule has 2 unspecified atom stereocenters. The van der Waals surface area contributed by atoms with Crippen LogP contribution in [0.15, 0.2) is 0 Å². The molecule has 4 heterocycles. The number of piperidine rings is 2. The fourth-order valence-electron chi connectivity index (χ4n) is 8.35. The van der Waals surface area contributed by atoms with Gasteiger partial charge in [-0.15, -0.1) is 0 Å². The van der Waals surface area contributed by atoms with Crippen molar-refractivity contribution in [2.24, 2.45) is 0 Å². The first kappa shape index (κ1) is 22.1. The molecule has 0 saturated carbocycles. The van der Waals surface area contributed by atoms with Gasteiger partial charge in [-0.25, -0.2) is 0 Å². The normalized spacial score (nSPS) is 41.2. The maximum absolute atomic E-state index is 2.60. The number of hydrogen-bond donors (Lipinski definition) is 0. The number of hydrogen-bond acceptors (Lipinski definition) is 0. The third-order valence-corrected chi connectivity index (χ3v) is 10.4. The van der Waals surface area contributed by atoms with Crippen LogP contribution >= 0.6 is 0 Å². The van der Waals surface area contributed by atoms with Crippen LogP contribution in [0.4, 0.5) is 0 Å². The molecule has 0 aromatic rings. The smallest absolute Gasteiger partial charge is 0.0892 e. The van der Waals surface area contributed by atoms with Crippen molar-refractivity contribution in [3.63, 3.8) is 0 Å². The number of nitrogens with zero attached hydrogens (tertiary/aromatic N) is 2. The fourth-order valence-corrected chi connectivity index (χ4v) is 8.35. The van der Waals surface area contributed by atoms with Gasteiger partial charge in [0.2, 0.25) is 0 Å². The van der Waals surface area contributed by atoms with E-state index in [0.717, 1.165) is 24.2 Å². The second-order valence-corrected chi connectivity index (χ2v) is 12.0. The van der Waals surface area contributed by atoms with E-state index < -0.39 is 0 Å². The predicted octanol–water partition coefficient (Wildman–Crippen LogP) is 6.82. The largest absolute Gasteiger partial charge is 0.321 e. The van der Waals surface area contributed by atoms with Crippen LogP contribution in [0.1, 0.15) is 122 Å². The second kappa shape index (κ2) is 10.0. The van der Waals surface area contributed by atoms with Crippen molar-refractivity contribution < 1.29 is 8.97 Å². The van der Waals surface area contributed by atoms with Crippen LogP contribution in [0.25, 0.3) is 0 Å². The molecule has 4 rings (SSSR count). The first-order valence-corrected chi connectivity index (χ1v) is 13.8. The molecule has 4 saturated heterocycles. The zero-order chi connectivity index (χ0) is 20.2. The summed E-state index contributed by atoms with van der Waals surface area (Å²) in [6, 6.07) is 4.11. The number of unbranched alkanes of at least 4 members (excludes halogenated alkanes) is 8. The van der Waals surface area contributed by atoms with Gasteiger partial charge in [0, 0.05) is 25.7 Å². The van der Waals surface area contributed by atoms with Gasteiger partial charge >= 0.3 is 0 Å². The van der Waals surface area contributed by atoms with E-state index in [1.165, 1.54) is 144 Å². The summed E-state index contributed by atoms with van der Waals surface area (Å²) in [5, 5.41) is 0. The molecule has 4 aliphatic rings. The molecule has 4 fully saturated rings. The van der Waals surface area contributed by atoms with Crippen molar-refractivity contribution in [3.05, 3.63) is 0 Å². The van der Waals surface area contributed by atoms with Gasteiger partial charge < -0.3 is 8.97 Å². The average molecular weight is 405 g/mol. The van der Waals surface area contributed by atoms with Crippen LogP contribution in [-0.4, -0.2) is 60.3 Å². The number of fused-ring (bicyclic) bond motifs is 4. The van der Waals surface area contributed by atoms with Crippen molar-refractivity contribution in [2.45, 2.75) is 146 Å². The van der Waals surface area contributed by atoms with Crippen molar-refractivity contribution in [1.29, 1.82) is 0 Å². The van der Waals surface area contributed by atoms with E-state index in [2.05, 4.69) is 14.1 Å². The zero-order valence-electron chi connectivity index (χ0n) is 20.1. The highest BCUT2D eigenvalue weighted by Gasteiger charge is 2.48. The summed E-state index contributed by atoms with van der Waals surface area (Å²) in [4.78, 5) is 0. The SMILES string of the molecule is C[N+]1(CCCCCCCCCCC[N+]2(C)[C@@H]3CCC[C@H]2CC3)[C@@H]2CCC[C@H]1CC2. The number of quaternary nitrogens is 2. The maximum atomic E-state index is 2.60. The van der Waals surface area contributed by atoms with E-state index in [-0.39, 0.29) is 0 Å². The van der Waals surface area contributed by atoms with E-state index in [9.17, 15) is 0 Å². The van der Waals surface area contributed by atoms with E-state index in [4.69, 9.17) is 0 Å². The Labute approximate surface area is 182 Å². The van der Waals surface area contributed by atoms with Crippen LogP contribution in [0.2, 0.25) is 0 Å². The van der Waals surface area contributed by atoms with Crippen LogP contribution < -0.4 is 0 Å². The van der Waals surface area contributed by atoms with Gasteiger partial charge in [0.15, 0.2) is 0 Å². The van der Waals surface area contributed by atoms with Crippen LogP contribution in [-0.2, 0) is 0 Å². The van der Waals surface area contributed by atoms with E-state index in [0.29, 0.717) is 0 Å². The Morgan fingerprint density at radius 1 is 0.414 bits per heavy atom. The van der Waals surface area contributed by atoms with Gasteiger partial charge in [0.25, 0.3) is 0 Å². The van der Waals surface area contributed by atoms with Crippen LogP contribution in [0.5, 0.6) is 0 Å². The molecule has 29 heavy (non-hydrogen) atoms. The van der Waals surface area contributed by atoms with Gasteiger partial charge in [-0.05, 0) is 64.2 Å². The van der Waals surface area contributed by atoms with E-state index >= 15 is 0 Å². The molecule has 4 aliphatic heterocycles. The summed E-state index contributed by atoms with van der Waals surface area (Å²) in [5.41, 5.74) is 0. The molecule has 0 aromatic carbocycles. The molecule has 4 bridgehead atoms. The second-order valence-electron chi connectivity index (χ2n) is 12.0. The van der Waals surface area contributed by atoms with Gasteiger partial charge in [-0.2, -0.15) is 0 Å². The molecular weight excluding hydrogens is 352 g/mol. The summed E-state index contributed by atoms with van der Waals surface area (Å²) >= 11 is 0. The van der Waals surface area contributed by atoms with E-state index in [1.54, 1.807) is 0 Å². The molecule has 0 aliphatic carbocycles. The monoisotopic (exact) mass is 404 g/mol. The third kappa shape index (κ3) is 4.89. The summed E-state index contributed by atoms with van der Waals surface area (Å²) in [6.07, 6.45) is 28.7. The molecule has 0 N–H and O–H groups in total. The summed E-state index contributed by atoms with van der Waals surface area (Å²) < 4.78 is 2.91.